The summed E-state index contributed by atoms with van der Waals surface area (Å²) in [5.74, 6) is -0.655. The fourth-order valence-corrected chi connectivity index (χ4v) is 3.05. The molecule has 1 heterocycles. The maximum absolute atomic E-state index is 9.57. The highest BCUT2D eigenvalue weighted by Crippen LogP contribution is 2.45. The first-order chi connectivity index (χ1) is 13.2. The van der Waals surface area contributed by atoms with E-state index in [2.05, 4.69) is 0 Å². The Bertz CT molecular complexity index is 799. The van der Waals surface area contributed by atoms with Crippen molar-refractivity contribution in [3.05, 3.63) is 21.2 Å². The quantitative estimate of drug-likeness (QED) is 0.575. The molecule has 0 spiro atoms. The summed E-state index contributed by atoms with van der Waals surface area (Å²) in [5.41, 5.74) is -0.0878. The molecule has 0 N–H and O–H groups in total. The minimum atomic E-state index is -0.707. The van der Waals surface area contributed by atoms with Crippen LogP contribution in [0, 0.1) is 22.7 Å². The van der Waals surface area contributed by atoms with Crippen LogP contribution in [0.15, 0.2) is 0 Å². The molecular weight excluding hydrogens is 407 g/mol. The molecule has 1 fully saturated rings. The lowest BCUT2D eigenvalue weighted by Crippen LogP contribution is -2.25. The van der Waals surface area contributed by atoms with Gasteiger partial charge < -0.3 is 23.7 Å². The molecule has 0 amide bonds. The number of ether oxygens (including phenoxy) is 5. The van der Waals surface area contributed by atoms with Crippen molar-refractivity contribution in [1.29, 1.82) is 10.5 Å². The Hall–Kier alpha value is -1.74. The van der Waals surface area contributed by atoms with Crippen LogP contribution in [0.5, 0.6) is 11.5 Å². The molecule has 1 aliphatic rings. The Morgan fingerprint density at radius 2 is 1.64 bits per heavy atom. The number of nitriles is 2. The zero-order chi connectivity index (χ0) is 20.9. The summed E-state index contributed by atoms with van der Waals surface area (Å²) in [5, 5.41) is 19.1. The molecule has 0 aliphatic carbocycles. The van der Waals surface area contributed by atoms with Gasteiger partial charge in [-0.1, -0.05) is 23.2 Å². The fourth-order valence-electron chi connectivity index (χ4n) is 2.58. The third kappa shape index (κ3) is 5.41. The van der Waals surface area contributed by atoms with Crippen molar-refractivity contribution in [3.8, 4) is 23.6 Å². The van der Waals surface area contributed by atoms with Crippen LogP contribution in [0.3, 0.4) is 0 Å². The Balaban J connectivity index is 2.23. The van der Waals surface area contributed by atoms with Gasteiger partial charge in [0.15, 0.2) is 17.3 Å². The monoisotopic (exact) mass is 428 g/mol. The molecule has 1 aromatic rings. The van der Waals surface area contributed by atoms with Gasteiger partial charge in [-0.15, -0.1) is 0 Å². The zero-order valence-electron chi connectivity index (χ0n) is 16.2. The predicted octanol–water partition coefficient (Wildman–Crippen LogP) is 4.07. The van der Waals surface area contributed by atoms with Crippen molar-refractivity contribution in [2.24, 2.45) is 0 Å². The van der Waals surface area contributed by atoms with Crippen molar-refractivity contribution in [2.45, 2.75) is 45.7 Å². The molecule has 1 unspecified atom stereocenters. The average molecular weight is 429 g/mol. The van der Waals surface area contributed by atoms with Crippen molar-refractivity contribution in [3.63, 3.8) is 0 Å². The van der Waals surface area contributed by atoms with Gasteiger partial charge in [0.1, 0.15) is 52.6 Å². The van der Waals surface area contributed by atoms with Gasteiger partial charge in [-0.3, -0.25) is 0 Å². The highest BCUT2D eigenvalue weighted by molar-refractivity contribution is 6.44. The summed E-state index contributed by atoms with van der Waals surface area (Å²) in [6.07, 6.45) is -0.304. The SMILES string of the molecule is CC(C)OCCOc1c(Cl)c(Cl)c(OCC2COC(C)(C)O2)c(C#N)c1C#N. The van der Waals surface area contributed by atoms with E-state index in [0.717, 1.165) is 0 Å². The second-order valence-corrected chi connectivity index (χ2v) is 7.55. The number of nitrogens with zero attached hydrogens (tertiary/aromatic N) is 2. The van der Waals surface area contributed by atoms with Gasteiger partial charge in [-0.2, -0.15) is 10.5 Å². The van der Waals surface area contributed by atoms with Crippen molar-refractivity contribution < 1.29 is 23.7 Å². The van der Waals surface area contributed by atoms with Crippen molar-refractivity contribution in [1.82, 2.24) is 0 Å². The van der Waals surface area contributed by atoms with E-state index in [1.807, 2.05) is 26.0 Å². The predicted molar refractivity (Wildman–Crippen MR) is 103 cm³/mol. The van der Waals surface area contributed by atoms with Gasteiger partial charge >= 0.3 is 0 Å². The molecule has 7 nitrogen and oxygen atoms in total. The van der Waals surface area contributed by atoms with E-state index in [1.54, 1.807) is 13.8 Å². The van der Waals surface area contributed by atoms with E-state index in [1.165, 1.54) is 0 Å². The third-order valence-corrected chi connectivity index (χ3v) is 4.60. The first-order valence-electron chi connectivity index (χ1n) is 8.74. The maximum atomic E-state index is 9.57. The Labute approximate surface area is 174 Å². The molecule has 0 aromatic heterocycles. The van der Waals surface area contributed by atoms with Crippen LogP contribution in [0.25, 0.3) is 0 Å². The molecule has 1 aliphatic heterocycles. The summed E-state index contributed by atoms with van der Waals surface area (Å²) in [4.78, 5) is 0. The van der Waals surface area contributed by atoms with Gasteiger partial charge in [-0.05, 0) is 27.7 Å². The molecular formula is C19H22Cl2N2O5. The van der Waals surface area contributed by atoms with Gasteiger partial charge in [0.25, 0.3) is 0 Å². The summed E-state index contributed by atoms with van der Waals surface area (Å²) >= 11 is 12.6. The summed E-state index contributed by atoms with van der Waals surface area (Å²) in [6, 6.07) is 3.90. The Morgan fingerprint density at radius 3 is 2.11 bits per heavy atom. The summed E-state index contributed by atoms with van der Waals surface area (Å²) in [7, 11) is 0. The Kier molecular flexibility index (Phi) is 7.77. The molecule has 0 saturated carbocycles. The highest BCUT2D eigenvalue weighted by atomic mass is 35.5. The number of benzene rings is 1. The van der Waals surface area contributed by atoms with E-state index in [-0.39, 0.29) is 58.1 Å². The number of hydrogen-bond acceptors (Lipinski definition) is 7. The van der Waals surface area contributed by atoms with Gasteiger partial charge in [0.05, 0.1) is 19.3 Å². The van der Waals surface area contributed by atoms with Crippen LogP contribution >= 0.6 is 23.2 Å². The molecule has 2 rings (SSSR count). The molecule has 28 heavy (non-hydrogen) atoms. The zero-order valence-corrected chi connectivity index (χ0v) is 17.7. The lowest BCUT2D eigenvalue weighted by Gasteiger charge is -2.19. The van der Waals surface area contributed by atoms with E-state index in [0.29, 0.717) is 13.2 Å². The van der Waals surface area contributed by atoms with Crippen LogP contribution in [0.2, 0.25) is 10.0 Å². The van der Waals surface area contributed by atoms with Crippen LogP contribution in [-0.4, -0.2) is 44.4 Å². The molecule has 0 bridgehead atoms. The lowest BCUT2D eigenvalue weighted by molar-refractivity contribution is -0.141. The minimum absolute atomic E-state index is 0.000633. The van der Waals surface area contributed by atoms with E-state index in [4.69, 9.17) is 46.9 Å². The first-order valence-corrected chi connectivity index (χ1v) is 9.49. The standard InChI is InChI=1S/C19H22Cl2N2O5/c1-11(2)24-5-6-25-17-13(7-22)14(8-23)18(16(21)15(17)20)26-9-12-10-27-19(3,4)28-12/h11-12H,5-6,9-10H2,1-4H3. The van der Waals surface area contributed by atoms with Gasteiger partial charge in [0, 0.05) is 0 Å². The van der Waals surface area contributed by atoms with Crippen molar-refractivity contribution in [2.75, 3.05) is 26.4 Å². The third-order valence-electron chi connectivity index (χ3n) is 3.78. The average Bonchev–Trinajstić information content (AvgIpc) is 2.99. The number of halogens is 2. The summed E-state index contributed by atoms with van der Waals surface area (Å²) in [6.45, 7) is 8.24. The van der Waals surface area contributed by atoms with Crippen LogP contribution in [0.4, 0.5) is 0 Å². The van der Waals surface area contributed by atoms with E-state index < -0.39 is 5.79 Å². The van der Waals surface area contributed by atoms with Gasteiger partial charge in [-0.25, -0.2) is 0 Å². The smallest absolute Gasteiger partial charge is 0.163 e. The number of hydrogen-bond donors (Lipinski definition) is 0. The molecule has 9 heteroatoms. The largest absolute Gasteiger partial charge is 0.488 e. The first kappa shape index (κ1) is 22.5. The van der Waals surface area contributed by atoms with Gasteiger partial charge in [0.2, 0.25) is 0 Å². The van der Waals surface area contributed by atoms with Crippen LogP contribution in [-0.2, 0) is 14.2 Å². The second kappa shape index (κ2) is 9.65. The second-order valence-electron chi connectivity index (χ2n) is 6.79. The molecule has 1 atom stereocenters. The molecule has 0 radical (unpaired) electrons. The van der Waals surface area contributed by atoms with E-state index >= 15 is 0 Å². The highest BCUT2D eigenvalue weighted by Gasteiger charge is 2.34. The Morgan fingerprint density at radius 1 is 1.07 bits per heavy atom. The van der Waals surface area contributed by atoms with Crippen LogP contribution in [0.1, 0.15) is 38.8 Å². The number of rotatable bonds is 8. The maximum Gasteiger partial charge on any atom is 0.163 e. The molecule has 152 valence electrons. The fraction of sp³-hybridized carbons (Fsp3) is 0.579. The lowest BCUT2D eigenvalue weighted by atomic mass is 10.1. The normalized spacial score (nSPS) is 18.0. The summed E-state index contributed by atoms with van der Waals surface area (Å²) < 4.78 is 27.8. The topological polar surface area (TPSA) is 93.7 Å². The van der Waals surface area contributed by atoms with E-state index in [9.17, 15) is 10.5 Å². The van der Waals surface area contributed by atoms with Crippen molar-refractivity contribution >= 4 is 23.2 Å². The molecule has 1 aromatic carbocycles. The van der Waals surface area contributed by atoms with Crippen LogP contribution < -0.4 is 9.47 Å². The minimum Gasteiger partial charge on any atom is -0.488 e. The molecule has 1 saturated heterocycles.